The molecule has 1 aliphatic rings. The van der Waals surface area contributed by atoms with Crippen LogP contribution in [0.3, 0.4) is 0 Å². The number of methoxy groups -OCH3 is 1. The first-order valence-electron chi connectivity index (χ1n) is 6.53. The summed E-state index contributed by atoms with van der Waals surface area (Å²) < 4.78 is 5.14. The number of ether oxygens (including phenoxy) is 1. The van der Waals surface area contributed by atoms with Gasteiger partial charge >= 0.3 is 0 Å². The van der Waals surface area contributed by atoms with Crippen LogP contribution in [-0.4, -0.2) is 26.7 Å². The van der Waals surface area contributed by atoms with Crippen molar-refractivity contribution in [3.63, 3.8) is 0 Å². The third-order valence-electron chi connectivity index (χ3n) is 3.47. The maximum Gasteiger partial charge on any atom is 0.120 e. The highest BCUT2D eigenvalue weighted by molar-refractivity contribution is 6.31. The second-order valence-corrected chi connectivity index (χ2v) is 5.19. The Bertz CT molecular complexity index is 378. The normalized spacial score (nSPS) is 16.8. The van der Waals surface area contributed by atoms with Crippen LogP contribution in [0.2, 0.25) is 5.02 Å². The predicted molar refractivity (Wildman–Crippen MR) is 75.3 cm³/mol. The summed E-state index contributed by atoms with van der Waals surface area (Å²) in [7, 11) is 1.65. The molecular formula is C14H21ClN2O. The molecule has 1 aromatic carbocycles. The topological polar surface area (TPSA) is 33.3 Å². The highest BCUT2D eigenvalue weighted by atomic mass is 35.5. The summed E-state index contributed by atoms with van der Waals surface area (Å²) in [4.78, 5) is 0. The van der Waals surface area contributed by atoms with Crippen LogP contribution in [-0.2, 0) is 6.54 Å². The van der Waals surface area contributed by atoms with Crippen LogP contribution in [0.1, 0.15) is 18.4 Å². The Kier molecular flexibility index (Phi) is 5.29. The van der Waals surface area contributed by atoms with Gasteiger partial charge in [-0.3, -0.25) is 0 Å². The number of nitrogens with one attached hydrogen (secondary N) is 2. The number of benzene rings is 1. The lowest BCUT2D eigenvalue weighted by atomic mass is 9.98. The molecule has 0 unspecified atom stereocenters. The molecule has 1 aliphatic heterocycles. The van der Waals surface area contributed by atoms with Gasteiger partial charge in [0.2, 0.25) is 0 Å². The molecule has 3 nitrogen and oxygen atoms in total. The molecule has 1 fully saturated rings. The van der Waals surface area contributed by atoms with Gasteiger partial charge in [-0.05, 0) is 56.1 Å². The minimum atomic E-state index is 0.771. The molecule has 1 saturated heterocycles. The first-order valence-corrected chi connectivity index (χ1v) is 6.91. The van der Waals surface area contributed by atoms with Gasteiger partial charge in [0.25, 0.3) is 0 Å². The molecule has 2 N–H and O–H groups in total. The molecular weight excluding hydrogens is 248 g/mol. The molecule has 0 spiro atoms. The van der Waals surface area contributed by atoms with Crippen LogP contribution >= 0.6 is 11.6 Å². The molecule has 2 rings (SSSR count). The summed E-state index contributed by atoms with van der Waals surface area (Å²) in [5.74, 6) is 1.60. The van der Waals surface area contributed by atoms with Gasteiger partial charge in [0.15, 0.2) is 0 Å². The molecule has 4 heteroatoms. The van der Waals surface area contributed by atoms with Gasteiger partial charge in [-0.1, -0.05) is 17.7 Å². The first-order chi connectivity index (χ1) is 8.79. The van der Waals surface area contributed by atoms with Gasteiger partial charge < -0.3 is 15.4 Å². The van der Waals surface area contributed by atoms with E-state index in [2.05, 4.69) is 10.6 Å². The van der Waals surface area contributed by atoms with E-state index < -0.39 is 0 Å². The number of hydrogen-bond acceptors (Lipinski definition) is 3. The van der Waals surface area contributed by atoms with Crippen molar-refractivity contribution in [2.75, 3.05) is 26.7 Å². The average Bonchev–Trinajstić information content (AvgIpc) is 2.42. The van der Waals surface area contributed by atoms with Crippen molar-refractivity contribution in [3.05, 3.63) is 28.8 Å². The molecule has 0 bridgehead atoms. The first kappa shape index (κ1) is 13.7. The minimum Gasteiger partial charge on any atom is -0.497 e. The minimum absolute atomic E-state index is 0.771. The molecule has 100 valence electrons. The predicted octanol–water partition coefficient (Wildman–Crippen LogP) is 2.44. The van der Waals surface area contributed by atoms with E-state index in [0.717, 1.165) is 48.4 Å². The average molecular weight is 269 g/mol. The van der Waals surface area contributed by atoms with Gasteiger partial charge in [-0.15, -0.1) is 0 Å². The zero-order valence-electron chi connectivity index (χ0n) is 10.8. The smallest absolute Gasteiger partial charge is 0.120 e. The standard InChI is InChI=1S/C14H21ClN2O/c1-18-13-3-2-12(14(15)8-13)10-17-9-11-4-6-16-7-5-11/h2-3,8,11,16-17H,4-7,9-10H2,1H3. The lowest BCUT2D eigenvalue weighted by molar-refractivity contribution is 0.356. The van der Waals surface area contributed by atoms with Crippen molar-refractivity contribution in [2.45, 2.75) is 19.4 Å². The SMILES string of the molecule is COc1ccc(CNCC2CCNCC2)c(Cl)c1. The number of piperidine rings is 1. The van der Waals surface area contributed by atoms with Crippen molar-refractivity contribution >= 4 is 11.6 Å². The maximum absolute atomic E-state index is 6.20. The second-order valence-electron chi connectivity index (χ2n) is 4.78. The Balaban J connectivity index is 1.79. The van der Waals surface area contributed by atoms with Gasteiger partial charge in [-0.25, -0.2) is 0 Å². The van der Waals surface area contributed by atoms with Crippen molar-refractivity contribution in [2.24, 2.45) is 5.92 Å². The Labute approximate surface area is 114 Å². The molecule has 0 saturated carbocycles. The third kappa shape index (κ3) is 3.87. The van der Waals surface area contributed by atoms with Crippen LogP contribution in [0.15, 0.2) is 18.2 Å². The van der Waals surface area contributed by atoms with Gasteiger partial charge in [0.05, 0.1) is 7.11 Å². The fourth-order valence-electron chi connectivity index (χ4n) is 2.30. The van der Waals surface area contributed by atoms with Crippen molar-refractivity contribution in [3.8, 4) is 5.75 Å². The Morgan fingerprint density at radius 2 is 2.17 bits per heavy atom. The van der Waals surface area contributed by atoms with Crippen LogP contribution < -0.4 is 15.4 Å². The van der Waals surface area contributed by atoms with E-state index in [1.165, 1.54) is 12.8 Å². The highest BCUT2D eigenvalue weighted by Gasteiger charge is 2.12. The van der Waals surface area contributed by atoms with Crippen molar-refractivity contribution in [1.29, 1.82) is 0 Å². The van der Waals surface area contributed by atoms with E-state index in [0.29, 0.717) is 0 Å². The van der Waals surface area contributed by atoms with Crippen molar-refractivity contribution < 1.29 is 4.74 Å². The molecule has 18 heavy (non-hydrogen) atoms. The van der Waals surface area contributed by atoms with Gasteiger partial charge in [0, 0.05) is 11.6 Å². The lowest BCUT2D eigenvalue weighted by Crippen LogP contribution is -2.33. The Hall–Kier alpha value is -0.770. The van der Waals surface area contributed by atoms with Crippen LogP contribution in [0, 0.1) is 5.92 Å². The van der Waals surface area contributed by atoms with Crippen molar-refractivity contribution in [1.82, 2.24) is 10.6 Å². The second kappa shape index (κ2) is 6.98. The van der Waals surface area contributed by atoms with Crippen LogP contribution in [0.5, 0.6) is 5.75 Å². The highest BCUT2D eigenvalue weighted by Crippen LogP contribution is 2.22. The monoisotopic (exact) mass is 268 g/mol. The lowest BCUT2D eigenvalue weighted by Gasteiger charge is -2.22. The quantitative estimate of drug-likeness (QED) is 0.861. The van der Waals surface area contributed by atoms with Gasteiger partial charge in [0.1, 0.15) is 5.75 Å². The van der Waals surface area contributed by atoms with E-state index >= 15 is 0 Å². The molecule has 0 aliphatic carbocycles. The zero-order valence-corrected chi connectivity index (χ0v) is 11.6. The number of rotatable bonds is 5. The van der Waals surface area contributed by atoms with E-state index in [1.54, 1.807) is 7.11 Å². The summed E-state index contributed by atoms with van der Waals surface area (Å²) >= 11 is 6.20. The molecule has 1 heterocycles. The van der Waals surface area contributed by atoms with E-state index in [4.69, 9.17) is 16.3 Å². The molecule has 0 radical (unpaired) electrons. The van der Waals surface area contributed by atoms with E-state index in [-0.39, 0.29) is 0 Å². The van der Waals surface area contributed by atoms with Crippen LogP contribution in [0.4, 0.5) is 0 Å². The van der Waals surface area contributed by atoms with Gasteiger partial charge in [-0.2, -0.15) is 0 Å². The molecule has 0 atom stereocenters. The Morgan fingerprint density at radius 1 is 1.39 bits per heavy atom. The molecule has 1 aromatic rings. The Morgan fingerprint density at radius 3 is 2.83 bits per heavy atom. The fourth-order valence-corrected chi connectivity index (χ4v) is 2.53. The summed E-state index contributed by atoms with van der Waals surface area (Å²) in [5.41, 5.74) is 1.13. The zero-order chi connectivity index (χ0) is 12.8. The van der Waals surface area contributed by atoms with E-state index in [9.17, 15) is 0 Å². The fraction of sp³-hybridized carbons (Fsp3) is 0.571. The molecule has 0 aromatic heterocycles. The summed E-state index contributed by atoms with van der Waals surface area (Å²) in [6.45, 7) is 4.20. The van der Waals surface area contributed by atoms with E-state index in [1.807, 2.05) is 18.2 Å². The number of hydrogen-bond donors (Lipinski definition) is 2. The summed E-state index contributed by atoms with van der Waals surface area (Å²) in [5, 5.41) is 7.65. The number of halogens is 1. The third-order valence-corrected chi connectivity index (χ3v) is 3.82. The van der Waals surface area contributed by atoms with Crippen LogP contribution in [0.25, 0.3) is 0 Å². The summed E-state index contributed by atoms with van der Waals surface area (Å²) in [6, 6.07) is 5.84. The largest absolute Gasteiger partial charge is 0.497 e. The summed E-state index contributed by atoms with van der Waals surface area (Å²) in [6.07, 6.45) is 2.53. The maximum atomic E-state index is 6.20. The molecule has 0 amide bonds.